The zero-order valence-corrected chi connectivity index (χ0v) is 18.2. The number of hydrogen-bond donors (Lipinski definition) is 2. The summed E-state index contributed by atoms with van der Waals surface area (Å²) in [6.07, 6.45) is 1.64. The van der Waals surface area contributed by atoms with Crippen LogP contribution in [-0.4, -0.2) is 22.2 Å². The summed E-state index contributed by atoms with van der Waals surface area (Å²) in [5.74, 6) is -0.345. The smallest absolute Gasteiger partial charge is 0.337 e. The van der Waals surface area contributed by atoms with E-state index in [9.17, 15) is 9.59 Å². The van der Waals surface area contributed by atoms with Crippen molar-refractivity contribution in [3.63, 3.8) is 0 Å². The van der Waals surface area contributed by atoms with Crippen LogP contribution in [0, 0.1) is 13.8 Å². The number of aromatic carboxylic acids is 1. The molecule has 6 nitrogen and oxygen atoms in total. The molecule has 0 aliphatic carbocycles. The molecule has 1 saturated heterocycles. The molecule has 31 heavy (non-hydrogen) atoms. The van der Waals surface area contributed by atoms with E-state index in [4.69, 9.17) is 21.1 Å². The van der Waals surface area contributed by atoms with Crippen LogP contribution in [0.3, 0.4) is 0 Å². The summed E-state index contributed by atoms with van der Waals surface area (Å²) in [5.41, 5.74) is 3.66. The quantitative estimate of drug-likeness (QED) is 0.487. The Morgan fingerprint density at radius 2 is 2.00 bits per heavy atom. The van der Waals surface area contributed by atoms with Crippen LogP contribution in [0.4, 0.5) is 5.69 Å². The SMILES string of the molecule is Cc1cccc(N=C2NC(=O)/C(=C/c3ccc(-c4ccc(C(=O)O)c(Cl)c4)o3)S2)c1C. The van der Waals surface area contributed by atoms with Gasteiger partial charge in [0.1, 0.15) is 11.5 Å². The van der Waals surface area contributed by atoms with Crippen molar-refractivity contribution in [2.45, 2.75) is 13.8 Å². The van der Waals surface area contributed by atoms with Gasteiger partial charge in [0.2, 0.25) is 0 Å². The molecular formula is C23H17ClN2O4S. The molecule has 2 aromatic carbocycles. The average molecular weight is 453 g/mol. The van der Waals surface area contributed by atoms with Crippen molar-refractivity contribution in [1.82, 2.24) is 5.32 Å². The van der Waals surface area contributed by atoms with Crippen LogP contribution in [0.1, 0.15) is 27.2 Å². The van der Waals surface area contributed by atoms with Gasteiger partial charge in [-0.2, -0.15) is 0 Å². The molecule has 1 aliphatic heterocycles. The molecule has 2 N–H and O–H groups in total. The fourth-order valence-electron chi connectivity index (χ4n) is 3.00. The van der Waals surface area contributed by atoms with Gasteiger partial charge < -0.3 is 14.8 Å². The lowest BCUT2D eigenvalue weighted by Gasteiger charge is -2.04. The molecule has 0 atom stereocenters. The highest BCUT2D eigenvalue weighted by molar-refractivity contribution is 8.18. The van der Waals surface area contributed by atoms with Crippen molar-refractivity contribution >= 4 is 52.2 Å². The van der Waals surface area contributed by atoms with Gasteiger partial charge in [0, 0.05) is 11.6 Å². The van der Waals surface area contributed by atoms with Crippen molar-refractivity contribution in [2.75, 3.05) is 0 Å². The summed E-state index contributed by atoms with van der Waals surface area (Å²) < 4.78 is 5.81. The molecule has 0 spiro atoms. The summed E-state index contributed by atoms with van der Waals surface area (Å²) in [4.78, 5) is 28.5. The number of carboxylic acids is 1. The van der Waals surface area contributed by atoms with Crippen molar-refractivity contribution in [3.05, 3.63) is 80.9 Å². The van der Waals surface area contributed by atoms with Crippen LogP contribution in [0.2, 0.25) is 5.02 Å². The van der Waals surface area contributed by atoms with E-state index in [0.717, 1.165) is 16.8 Å². The highest BCUT2D eigenvalue weighted by atomic mass is 35.5. The van der Waals surface area contributed by atoms with E-state index >= 15 is 0 Å². The molecule has 0 radical (unpaired) electrons. The number of nitrogens with one attached hydrogen (secondary N) is 1. The Labute approximate surface area is 187 Å². The zero-order valence-electron chi connectivity index (χ0n) is 16.6. The molecule has 0 saturated carbocycles. The molecule has 1 amide bonds. The molecule has 0 bridgehead atoms. The van der Waals surface area contributed by atoms with E-state index in [2.05, 4.69) is 10.3 Å². The Balaban J connectivity index is 1.56. The van der Waals surface area contributed by atoms with E-state index in [-0.39, 0.29) is 16.5 Å². The number of nitrogens with zero attached hydrogens (tertiary/aromatic N) is 1. The zero-order chi connectivity index (χ0) is 22.1. The van der Waals surface area contributed by atoms with Gasteiger partial charge in [-0.05, 0) is 67.1 Å². The number of furan rings is 1. The number of rotatable bonds is 4. The van der Waals surface area contributed by atoms with E-state index in [1.807, 2.05) is 32.0 Å². The molecule has 4 rings (SSSR count). The van der Waals surface area contributed by atoms with Crippen LogP contribution >= 0.6 is 23.4 Å². The highest BCUT2D eigenvalue weighted by Gasteiger charge is 2.24. The van der Waals surface area contributed by atoms with E-state index in [1.54, 1.807) is 24.3 Å². The number of aliphatic imine (C=N–C) groups is 1. The second-order valence-electron chi connectivity index (χ2n) is 6.90. The van der Waals surface area contributed by atoms with Crippen molar-refractivity contribution in [2.24, 2.45) is 4.99 Å². The number of hydrogen-bond acceptors (Lipinski definition) is 5. The molecular weight excluding hydrogens is 436 g/mol. The third-order valence-electron chi connectivity index (χ3n) is 4.83. The largest absolute Gasteiger partial charge is 0.478 e. The number of halogens is 1. The van der Waals surface area contributed by atoms with Gasteiger partial charge >= 0.3 is 5.97 Å². The van der Waals surface area contributed by atoms with Gasteiger partial charge in [-0.25, -0.2) is 9.79 Å². The summed E-state index contributed by atoms with van der Waals surface area (Å²) >= 11 is 7.28. The molecule has 0 unspecified atom stereocenters. The minimum absolute atomic E-state index is 0.0222. The lowest BCUT2D eigenvalue weighted by molar-refractivity contribution is -0.115. The first-order chi connectivity index (χ1) is 14.8. The molecule has 2 heterocycles. The lowest BCUT2D eigenvalue weighted by Crippen LogP contribution is -2.19. The predicted octanol–water partition coefficient (Wildman–Crippen LogP) is 5.81. The van der Waals surface area contributed by atoms with Crippen LogP contribution < -0.4 is 5.32 Å². The Bertz CT molecular complexity index is 1280. The second kappa shape index (κ2) is 8.45. The summed E-state index contributed by atoms with van der Waals surface area (Å²) in [6.45, 7) is 4.01. The highest BCUT2D eigenvalue weighted by Crippen LogP contribution is 2.32. The van der Waals surface area contributed by atoms with Crippen LogP contribution in [0.15, 0.2) is 62.8 Å². The number of carboxylic acid groups (broad SMARTS) is 1. The average Bonchev–Trinajstić information content (AvgIpc) is 3.32. The summed E-state index contributed by atoms with van der Waals surface area (Å²) in [7, 11) is 0. The molecule has 156 valence electrons. The van der Waals surface area contributed by atoms with Crippen LogP contribution in [-0.2, 0) is 4.79 Å². The number of benzene rings is 2. The fraction of sp³-hybridized carbons (Fsp3) is 0.0870. The van der Waals surface area contributed by atoms with E-state index in [1.165, 1.54) is 23.9 Å². The minimum atomic E-state index is -1.09. The van der Waals surface area contributed by atoms with Crippen molar-refractivity contribution in [1.29, 1.82) is 0 Å². The number of carbonyl (C=O) groups excluding carboxylic acids is 1. The first-order valence-electron chi connectivity index (χ1n) is 9.30. The van der Waals surface area contributed by atoms with Gasteiger partial charge in [0.25, 0.3) is 5.91 Å². The van der Waals surface area contributed by atoms with Crippen molar-refractivity contribution < 1.29 is 19.1 Å². The van der Waals surface area contributed by atoms with Gasteiger partial charge in [-0.3, -0.25) is 4.79 Å². The van der Waals surface area contributed by atoms with Gasteiger partial charge in [-0.1, -0.05) is 29.8 Å². The third-order valence-corrected chi connectivity index (χ3v) is 6.06. The normalized spacial score (nSPS) is 16.2. The molecule has 3 aromatic rings. The van der Waals surface area contributed by atoms with Crippen molar-refractivity contribution in [3.8, 4) is 11.3 Å². The first-order valence-corrected chi connectivity index (χ1v) is 10.5. The number of thioether (sulfide) groups is 1. The van der Waals surface area contributed by atoms with Gasteiger partial charge in [0.05, 0.1) is 21.2 Å². The molecule has 8 heteroatoms. The number of aryl methyl sites for hydroxylation is 1. The van der Waals surface area contributed by atoms with Gasteiger partial charge in [-0.15, -0.1) is 0 Å². The van der Waals surface area contributed by atoms with E-state index in [0.29, 0.717) is 27.2 Å². The topological polar surface area (TPSA) is 91.9 Å². The maximum Gasteiger partial charge on any atom is 0.337 e. The maximum atomic E-state index is 12.4. The second-order valence-corrected chi connectivity index (χ2v) is 8.34. The maximum absolute atomic E-state index is 12.4. The fourth-order valence-corrected chi connectivity index (χ4v) is 4.08. The summed E-state index contributed by atoms with van der Waals surface area (Å²) in [6, 6.07) is 13.9. The lowest BCUT2D eigenvalue weighted by atomic mass is 10.1. The standard InChI is InChI=1S/C23H17ClN2O4S/c1-12-4-3-5-18(13(12)2)25-23-26-21(27)20(31-23)11-15-7-9-19(30-15)14-6-8-16(22(28)29)17(24)10-14/h3-11H,1-2H3,(H,28,29)(H,25,26,27)/b20-11-. The first kappa shape index (κ1) is 21.0. The van der Waals surface area contributed by atoms with Gasteiger partial charge in [0.15, 0.2) is 5.17 Å². The molecule has 1 aliphatic rings. The minimum Gasteiger partial charge on any atom is -0.478 e. The number of amidine groups is 1. The Hall–Kier alpha value is -3.29. The summed E-state index contributed by atoms with van der Waals surface area (Å²) in [5, 5.41) is 12.5. The predicted molar refractivity (Wildman–Crippen MR) is 123 cm³/mol. The Morgan fingerprint density at radius 1 is 1.19 bits per heavy atom. The monoisotopic (exact) mass is 452 g/mol. The van der Waals surface area contributed by atoms with Crippen LogP contribution in [0.5, 0.6) is 0 Å². The molecule has 1 fully saturated rings. The van der Waals surface area contributed by atoms with E-state index < -0.39 is 5.97 Å². The third kappa shape index (κ3) is 4.42. The Morgan fingerprint density at radius 3 is 2.74 bits per heavy atom. The number of amides is 1. The van der Waals surface area contributed by atoms with Crippen LogP contribution in [0.25, 0.3) is 17.4 Å². The number of carbonyl (C=O) groups is 2. The Kier molecular flexibility index (Phi) is 5.71. The molecule has 1 aromatic heterocycles.